The van der Waals surface area contributed by atoms with Crippen LogP contribution >= 0.6 is 11.6 Å². The lowest BCUT2D eigenvalue weighted by Crippen LogP contribution is -2.53. The number of hydrogen-bond acceptors (Lipinski definition) is 6. The lowest BCUT2D eigenvalue weighted by atomic mass is 10.0. The van der Waals surface area contributed by atoms with Gasteiger partial charge in [0.15, 0.2) is 11.5 Å². The van der Waals surface area contributed by atoms with E-state index < -0.39 is 28.5 Å². The molecule has 0 aliphatic heterocycles. The molecule has 0 spiro atoms. The second kappa shape index (κ2) is 16.5. The minimum absolute atomic E-state index is 0.0799. The minimum atomic E-state index is -4.35. The van der Waals surface area contributed by atoms with Gasteiger partial charge in [0.05, 0.1) is 24.8 Å². The maximum absolute atomic E-state index is 14.6. The highest BCUT2D eigenvalue weighted by Gasteiger charge is 2.35. The molecule has 254 valence electrons. The van der Waals surface area contributed by atoms with Crippen LogP contribution in [-0.4, -0.2) is 58.5 Å². The number of nitrogens with zero attached hydrogens (tertiary/aromatic N) is 2. The van der Waals surface area contributed by atoms with Gasteiger partial charge in [-0.3, -0.25) is 13.9 Å². The minimum Gasteiger partial charge on any atom is -0.493 e. The van der Waals surface area contributed by atoms with Gasteiger partial charge in [-0.1, -0.05) is 85.6 Å². The molecule has 9 nitrogen and oxygen atoms in total. The third kappa shape index (κ3) is 9.29. The number of nitrogens with one attached hydrogen (secondary N) is 1. The van der Waals surface area contributed by atoms with Crippen molar-refractivity contribution in [2.24, 2.45) is 5.92 Å². The number of anilines is 1. The van der Waals surface area contributed by atoms with Crippen molar-refractivity contribution in [2.45, 2.75) is 44.7 Å². The van der Waals surface area contributed by atoms with Gasteiger partial charge in [-0.25, -0.2) is 8.42 Å². The zero-order valence-corrected chi connectivity index (χ0v) is 29.4. The Morgan fingerprint density at radius 3 is 2.08 bits per heavy atom. The summed E-state index contributed by atoms with van der Waals surface area (Å²) >= 11 is 6.17. The zero-order chi connectivity index (χ0) is 34.8. The summed E-state index contributed by atoms with van der Waals surface area (Å²) in [6.45, 7) is 5.85. The van der Waals surface area contributed by atoms with Crippen LogP contribution in [0.1, 0.15) is 30.5 Å². The number of benzene rings is 4. The summed E-state index contributed by atoms with van der Waals surface area (Å²) in [4.78, 5) is 29.9. The summed E-state index contributed by atoms with van der Waals surface area (Å²) in [5.41, 5.74) is 2.92. The van der Waals surface area contributed by atoms with Gasteiger partial charge >= 0.3 is 0 Å². The van der Waals surface area contributed by atoms with Crippen molar-refractivity contribution in [3.63, 3.8) is 0 Å². The van der Waals surface area contributed by atoms with Crippen LogP contribution in [0.25, 0.3) is 0 Å². The van der Waals surface area contributed by atoms with Crippen LogP contribution in [0.3, 0.4) is 0 Å². The van der Waals surface area contributed by atoms with Crippen molar-refractivity contribution < 1.29 is 27.5 Å². The molecule has 0 saturated carbocycles. The van der Waals surface area contributed by atoms with Crippen LogP contribution in [0.2, 0.25) is 5.02 Å². The van der Waals surface area contributed by atoms with E-state index in [-0.39, 0.29) is 41.1 Å². The van der Waals surface area contributed by atoms with Gasteiger partial charge in [0.1, 0.15) is 12.6 Å². The molecule has 4 rings (SSSR count). The number of halogens is 1. The number of ether oxygens (including phenoxy) is 2. The number of carbonyl (C=O) groups is 2. The smallest absolute Gasteiger partial charge is 0.264 e. The fourth-order valence-electron chi connectivity index (χ4n) is 5.11. The molecule has 0 saturated heterocycles. The van der Waals surface area contributed by atoms with Crippen molar-refractivity contribution in [1.29, 1.82) is 0 Å². The van der Waals surface area contributed by atoms with Crippen molar-refractivity contribution in [2.75, 3.05) is 31.6 Å². The average molecular weight is 692 g/mol. The Kier molecular flexibility index (Phi) is 12.5. The lowest BCUT2D eigenvalue weighted by Gasteiger charge is -2.34. The fourth-order valence-corrected chi connectivity index (χ4v) is 6.66. The second-order valence-corrected chi connectivity index (χ2v) is 14.2. The van der Waals surface area contributed by atoms with E-state index in [2.05, 4.69) is 5.32 Å². The Labute approximate surface area is 288 Å². The van der Waals surface area contributed by atoms with Crippen LogP contribution in [0, 0.1) is 12.8 Å². The summed E-state index contributed by atoms with van der Waals surface area (Å²) in [6.07, 6.45) is 0.228. The molecule has 1 N–H and O–H groups in total. The predicted octanol–water partition coefficient (Wildman–Crippen LogP) is 6.27. The third-order valence-electron chi connectivity index (χ3n) is 7.77. The molecule has 0 fully saturated rings. The van der Waals surface area contributed by atoms with Crippen LogP contribution in [-0.2, 0) is 32.6 Å². The van der Waals surface area contributed by atoms with Crippen molar-refractivity contribution in [3.8, 4) is 11.5 Å². The third-order valence-corrected chi connectivity index (χ3v) is 9.79. The second-order valence-electron chi connectivity index (χ2n) is 11.9. The first-order valence-electron chi connectivity index (χ1n) is 15.6. The standard InChI is InChI=1S/C37H42ClN3O6S/c1-26(2)23-39-37(43)33(21-28-9-7-6-8-10-28)40(24-29-13-11-27(3)12-14-29)36(42)25-41(31-17-15-30(38)16-18-31)48(44,45)32-19-20-34(46-4)35(22-32)47-5/h6-20,22,26,33H,21,23-25H2,1-5H3,(H,39,43)/t33-/m0/s1. The molecule has 11 heteroatoms. The summed E-state index contributed by atoms with van der Waals surface area (Å²) in [5, 5.41) is 3.40. The van der Waals surface area contributed by atoms with Crippen LogP contribution < -0.4 is 19.1 Å². The number of hydrogen-bond donors (Lipinski definition) is 1. The number of aryl methyl sites for hydroxylation is 1. The van der Waals surface area contributed by atoms with E-state index in [1.807, 2.05) is 75.4 Å². The Hall–Kier alpha value is -4.54. The molecule has 4 aromatic carbocycles. The van der Waals surface area contributed by atoms with Crippen molar-refractivity contribution in [1.82, 2.24) is 10.2 Å². The van der Waals surface area contributed by atoms with Gasteiger partial charge in [-0.2, -0.15) is 0 Å². The van der Waals surface area contributed by atoms with E-state index in [1.54, 1.807) is 12.1 Å². The molecular weight excluding hydrogens is 650 g/mol. The van der Waals surface area contributed by atoms with E-state index in [0.717, 1.165) is 21.0 Å². The molecular formula is C37H42ClN3O6S. The molecule has 0 unspecified atom stereocenters. The van der Waals surface area contributed by atoms with Crippen LogP contribution in [0.4, 0.5) is 5.69 Å². The number of amides is 2. The highest BCUT2D eigenvalue weighted by molar-refractivity contribution is 7.92. The Morgan fingerprint density at radius 1 is 0.833 bits per heavy atom. The van der Waals surface area contributed by atoms with Gasteiger partial charge in [-0.05, 0) is 60.4 Å². The summed E-state index contributed by atoms with van der Waals surface area (Å²) in [6, 6.07) is 26.6. The molecule has 0 radical (unpaired) electrons. The monoisotopic (exact) mass is 691 g/mol. The number of rotatable bonds is 15. The quantitative estimate of drug-likeness (QED) is 0.158. The lowest BCUT2D eigenvalue weighted by molar-refractivity contribution is -0.140. The molecule has 0 heterocycles. The van der Waals surface area contributed by atoms with E-state index >= 15 is 0 Å². The molecule has 2 amide bonds. The van der Waals surface area contributed by atoms with Crippen molar-refractivity contribution >= 4 is 39.1 Å². The highest BCUT2D eigenvalue weighted by atomic mass is 35.5. The van der Waals surface area contributed by atoms with Crippen LogP contribution in [0.15, 0.2) is 102 Å². The zero-order valence-electron chi connectivity index (χ0n) is 27.9. The number of carbonyl (C=O) groups excluding carboxylic acids is 2. The van der Waals surface area contributed by atoms with Gasteiger partial charge in [-0.15, -0.1) is 0 Å². The van der Waals surface area contributed by atoms with E-state index in [1.165, 1.54) is 49.5 Å². The molecule has 0 aliphatic carbocycles. The number of sulfonamides is 1. The largest absolute Gasteiger partial charge is 0.493 e. The highest BCUT2D eigenvalue weighted by Crippen LogP contribution is 2.33. The Morgan fingerprint density at radius 2 is 1.48 bits per heavy atom. The van der Waals surface area contributed by atoms with Gasteiger partial charge < -0.3 is 19.7 Å². The molecule has 1 atom stereocenters. The Balaban J connectivity index is 1.81. The molecule has 4 aromatic rings. The molecule has 0 aliphatic rings. The average Bonchev–Trinajstić information content (AvgIpc) is 3.08. The van der Waals surface area contributed by atoms with E-state index in [4.69, 9.17) is 21.1 Å². The first-order valence-corrected chi connectivity index (χ1v) is 17.4. The molecule has 0 aromatic heterocycles. The van der Waals surface area contributed by atoms with Gasteiger partial charge in [0.2, 0.25) is 11.8 Å². The molecule has 48 heavy (non-hydrogen) atoms. The SMILES string of the molecule is COc1ccc(S(=O)(=O)N(CC(=O)N(Cc2ccc(C)cc2)[C@@H](Cc2ccccc2)C(=O)NCC(C)C)c2ccc(Cl)cc2)cc1OC. The van der Waals surface area contributed by atoms with Gasteiger partial charge in [0.25, 0.3) is 10.0 Å². The fraction of sp³-hybridized carbons (Fsp3) is 0.297. The van der Waals surface area contributed by atoms with Gasteiger partial charge in [0, 0.05) is 30.6 Å². The predicted molar refractivity (Wildman–Crippen MR) is 189 cm³/mol. The summed E-state index contributed by atoms with van der Waals surface area (Å²) in [7, 11) is -1.48. The topological polar surface area (TPSA) is 105 Å². The van der Waals surface area contributed by atoms with E-state index in [0.29, 0.717) is 17.3 Å². The Bertz CT molecular complexity index is 1780. The number of methoxy groups -OCH3 is 2. The summed E-state index contributed by atoms with van der Waals surface area (Å²) < 4.78 is 40.4. The normalized spacial score (nSPS) is 11.9. The van der Waals surface area contributed by atoms with E-state index in [9.17, 15) is 18.0 Å². The maximum atomic E-state index is 14.6. The maximum Gasteiger partial charge on any atom is 0.264 e. The summed E-state index contributed by atoms with van der Waals surface area (Å²) in [5.74, 6) is -0.138. The molecule has 0 bridgehead atoms. The van der Waals surface area contributed by atoms with Crippen LogP contribution in [0.5, 0.6) is 11.5 Å². The first-order chi connectivity index (χ1) is 22.9. The first kappa shape index (κ1) is 36.3. The van der Waals surface area contributed by atoms with Crippen molar-refractivity contribution in [3.05, 3.63) is 119 Å².